The van der Waals surface area contributed by atoms with E-state index in [1.807, 2.05) is 65.3 Å². The van der Waals surface area contributed by atoms with Gasteiger partial charge in [-0.1, -0.05) is 60.7 Å². The molecule has 0 aliphatic rings. The Morgan fingerprint density at radius 3 is 2.00 bits per heavy atom. The summed E-state index contributed by atoms with van der Waals surface area (Å²) >= 11 is 0. The van der Waals surface area contributed by atoms with Gasteiger partial charge in [-0.3, -0.25) is 9.59 Å². The van der Waals surface area contributed by atoms with E-state index in [9.17, 15) is 9.59 Å². The van der Waals surface area contributed by atoms with Crippen molar-refractivity contribution in [2.24, 2.45) is 0 Å². The molecule has 0 spiro atoms. The topological polar surface area (TPSA) is 76.0 Å². The summed E-state index contributed by atoms with van der Waals surface area (Å²) < 4.78 is 1.90. The van der Waals surface area contributed by atoms with Crippen LogP contribution in [-0.4, -0.2) is 34.7 Å². The van der Waals surface area contributed by atoms with E-state index in [0.29, 0.717) is 18.7 Å². The fraction of sp³-hybridized carbons (Fsp3) is 0.115. The number of hydrogen-bond acceptors (Lipinski definition) is 3. The monoisotopic (exact) mass is 424 g/mol. The summed E-state index contributed by atoms with van der Waals surface area (Å²) in [5.74, 6) is -0.303. The predicted octanol–water partition coefficient (Wildman–Crippen LogP) is 4.07. The molecule has 1 heterocycles. The minimum atomic E-state index is -0.185. The first-order valence-electron chi connectivity index (χ1n) is 10.5. The van der Waals surface area contributed by atoms with Crippen LogP contribution in [0.3, 0.4) is 0 Å². The molecule has 4 aromatic rings. The lowest BCUT2D eigenvalue weighted by molar-refractivity contribution is -0.118. The average Bonchev–Trinajstić information content (AvgIpc) is 3.28. The SMILES string of the molecule is CC(=O)NCCNC(=O)c1ccc(-n2nc(-c3ccccc3)cc2-c2ccccc2)cc1. The highest BCUT2D eigenvalue weighted by Gasteiger charge is 2.14. The Morgan fingerprint density at radius 1 is 0.781 bits per heavy atom. The van der Waals surface area contributed by atoms with Gasteiger partial charge in [0.05, 0.1) is 17.1 Å². The Bertz CT molecular complexity index is 1200. The Morgan fingerprint density at radius 2 is 1.38 bits per heavy atom. The Labute approximate surface area is 186 Å². The quantitative estimate of drug-likeness (QED) is 0.439. The molecule has 0 unspecified atom stereocenters. The number of hydrogen-bond donors (Lipinski definition) is 2. The first kappa shape index (κ1) is 21.1. The highest BCUT2D eigenvalue weighted by Crippen LogP contribution is 2.28. The first-order chi connectivity index (χ1) is 15.6. The van der Waals surface area contributed by atoms with E-state index in [2.05, 4.69) is 28.8 Å². The van der Waals surface area contributed by atoms with Gasteiger partial charge in [-0.25, -0.2) is 4.68 Å². The fourth-order valence-electron chi connectivity index (χ4n) is 3.41. The fourth-order valence-corrected chi connectivity index (χ4v) is 3.41. The first-order valence-corrected chi connectivity index (χ1v) is 10.5. The highest BCUT2D eigenvalue weighted by molar-refractivity contribution is 5.94. The average molecular weight is 425 g/mol. The van der Waals surface area contributed by atoms with Gasteiger partial charge in [-0.05, 0) is 30.3 Å². The zero-order valence-corrected chi connectivity index (χ0v) is 17.8. The Kier molecular flexibility index (Phi) is 6.41. The van der Waals surface area contributed by atoms with Crippen molar-refractivity contribution in [3.8, 4) is 28.2 Å². The van der Waals surface area contributed by atoms with Gasteiger partial charge in [-0.2, -0.15) is 5.10 Å². The van der Waals surface area contributed by atoms with E-state index in [4.69, 9.17) is 5.10 Å². The van der Waals surface area contributed by atoms with Crippen LogP contribution >= 0.6 is 0 Å². The summed E-state index contributed by atoms with van der Waals surface area (Å²) in [5, 5.41) is 10.3. The van der Waals surface area contributed by atoms with E-state index >= 15 is 0 Å². The molecule has 0 aliphatic heterocycles. The van der Waals surface area contributed by atoms with Crippen LogP contribution < -0.4 is 10.6 Å². The van der Waals surface area contributed by atoms with E-state index < -0.39 is 0 Å². The molecule has 0 saturated heterocycles. The zero-order valence-electron chi connectivity index (χ0n) is 17.8. The van der Waals surface area contributed by atoms with Crippen molar-refractivity contribution in [1.82, 2.24) is 20.4 Å². The van der Waals surface area contributed by atoms with E-state index in [-0.39, 0.29) is 11.8 Å². The highest BCUT2D eigenvalue weighted by atomic mass is 16.2. The maximum Gasteiger partial charge on any atom is 0.251 e. The Balaban J connectivity index is 1.60. The molecule has 0 fully saturated rings. The van der Waals surface area contributed by atoms with Gasteiger partial charge in [0.15, 0.2) is 0 Å². The van der Waals surface area contributed by atoms with Gasteiger partial charge in [0.25, 0.3) is 5.91 Å². The van der Waals surface area contributed by atoms with Crippen molar-refractivity contribution < 1.29 is 9.59 Å². The minimum Gasteiger partial charge on any atom is -0.355 e. The third kappa shape index (κ3) is 4.92. The standard InChI is InChI=1S/C26H24N4O2/c1-19(31)27-16-17-28-26(32)22-12-14-23(15-13-22)30-25(21-10-6-3-7-11-21)18-24(29-30)20-8-4-2-5-9-20/h2-15,18H,16-17H2,1H3,(H,27,31)(H,28,32). The van der Waals surface area contributed by atoms with Gasteiger partial charge in [0.1, 0.15) is 0 Å². The molecule has 2 N–H and O–H groups in total. The smallest absolute Gasteiger partial charge is 0.251 e. The molecule has 4 rings (SSSR count). The third-order valence-corrected chi connectivity index (χ3v) is 5.01. The lowest BCUT2D eigenvalue weighted by Gasteiger charge is -2.09. The minimum absolute atomic E-state index is 0.119. The third-order valence-electron chi connectivity index (χ3n) is 5.01. The van der Waals surface area contributed by atoms with E-state index in [1.54, 1.807) is 12.1 Å². The molecular formula is C26H24N4O2. The zero-order chi connectivity index (χ0) is 22.3. The molecule has 0 bridgehead atoms. The molecule has 160 valence electrons. The molecule has 3 aromatic carbocycles. The van der Waals surface area contributed by atoms with E-state index in [1.165, 1.54) is 6.92 Å². The van der Waals surface area contributed by atoms with Crippen molar-refractivity contribution in [3.63, 3.8) is 0 Å². The van der Waals surface area contributed by atoms with Crippen molar-refractivity contribution in [2.75, 3.05) is 13.1 Å². The van der Waals surface area contributed by atoms with Crippen LogP contribution in [0.25, 0.3) is 28.2 Å². The van der Waals surface area contributed by atoms with Crippen molar-refractivity contribution in [2.45, 2.75) is 6.92 Å². The van der Waals surface area contributed by atoms with Gasteiger partial charge in [0, 0.05) is 36.7 Å². The summed E-state index contributed by atoms with van der Waals surface area (Å²) in [5.41, 5.74) is 5.36. The van der Waals surface area contributed by atoms with Crippen molar-refractivity contribution >= 4 is 11.8 Å². The number of nitrogens with one attached hydrogen (secondary N) is 2. The molecule has 2 amide bonds. The molecule has 6 heteroatoms. The van der Waals surface area contributed by atoms with E-state index in [0.717, 1.165) is 28.2 Å². The molecule has 0 atom stereocenters. The van der Waals surface area contributed by atoms with Crippen molar-refractivity contribution in [1.29, 1.82) is 0 Å². The molecule has 6 nitrogen and oxygen atoms in total. The number of aromatic nitrogens is 2. The summed E-state index contributed by atoms with van der Waals surface area (Å²) in [6, 6.07) is 29.6. The number of benzene rings is 3. The number of amides is 2. The van der Waals surface area contributed by atoms with Crippen LogP contribution in [0.2, 0.25) is 0 Å². The van der Waals surface area contributed by atoms with Gasteiger partial charge >= 0.3 is 0 Å². The largest absolute Gasteiger partial charge is 0.355 e. The summed E-state index contributed by atoms with van der Waals surface area (Å²) in [4.78, 5) is 23.3. The Hall–Kier alpha value is -4.19. The van der Waals surface area contributed by atoms with Crippen LogP contribution in [0, 0.1) is 0 Å². The number of rotatable bonds is 7. The van der Waals surface area contributed by atoms with Crippen LogP contribution in [0.5, 0.6) is 0 Å². The van der Waals surface area contributed by atoms with Crippen LogP contribution in [-0.2, 0) is 4.79 Å². The maximum absolute atomic E-state index is 12.4. The molecule has 0 radical (unpaired) electrons. The lowest BCUT2D eigenvalue weighted by Crippen LogP contribution is -2.33. The summed E-state index contributed by atoms with van der Waals surface area (Å²) in [6.45, 7) is 2.22. The number of carbonyl (C=O) groups is 2. The van der Waals surface area contributed by atoms with Gasteiger partial charge < -0.3 is 10.6 Å². The number of nitrogens with zero attached hydrogens (tertiary/aromatic N) is 2. The molecular weight excluding hydrogens is 400 g/mol. The molecule has 0 aliphatic carbocycles. The van der Waals surface area contributed by atoms with Crippen molar-refractivity contribution in [3.05, 3.63) is 96.6 Å². The second-order valence-electron chi connectivity index (χ2n) is 7.34. The lowest BCUT2D eigenvalue weighted by atomic mass is 10.1. The normalized spacial score (nSPS) is 10.5. The second-order valence-corrected chi connectivity index (χ2v) is 7.34. The van der Waals surface area contributed by atoms with Crippen LogP contribution in [0.4, 0.5) is 0 Å². The summed E-state index contributed by atoms with van der Waals surface area (Å²) in [7, 11) is 0. The number of carbonyl (C=O) groups excluding carboxylic acids is 2. The van der Waals surface area contributed by atoms with Crippen LogP contribution in [0.15, 0.2) is 91.0 Å². The maximum atomic E-state index is 12.4. The molecule has 1 aromatic heterocycles. The van der Waals surface area contributed by atoms with Gasteiger partial charge in [0.2, 0.25) is 5.91 Å². The van der Waals surface area contributed by atoms with Gasteiger partial charge in [-0.15, -0.1) is 0 Å². The predicted molar refractivity (Wildman–Crippen MR) is 125 cm³/mol. The molecule has 32 heavy (non-hydrogen) atoms. The molecule has 0 saturated carbocycles. The summed E-state index contributed by atoms with van der Waals surface area (Å²) in [6.07, 6.45) is 0. The second kappa shape index (κ2) is 9.75. The van der Waals surface area contributed by atoms with Crippen LogP contribution in [0.1, 0.15) is 17.3 Å².